The van der Waals surface area contributed by atoms with E-state index in [1.165, 1.54) is 12.1 Å². The smallest absolute Gasteiger partial charge is 0.872 e. The van der Waals surface area contributed by atoms with Crippen LogP contribution in [0.4, 0.5) is 0 Å². The largest absolute Gasteiger partial charge is 1.00 e. The molecular weight excluding hydrogens is 662 g/mol. The Hall–Kier alpha value is 0.660. The Labute approximate surface area is 202 Å². The second-order valence-corrected chi connectivity index (χ2v) is 8.31. The molecule has 0 aliphatic carbocycles. The van der Waals surface area contributed by atoms with E-state index in [9.17, 15) is 9.90 Å². The Morgan fingerprint density at radius 3 is 2.08 bits per heavy atom. The zero-order valence-electron chi connectivity index (χ0n) is 12.5. The molecule has 9 heteroatoms. The minimum absolute atomic E-state index is 0. The van der Waals surface area contributed by atoms with Crippen LogP contribution in [0.15, 0.2) is 36.4 Å². The number of carbonyl (C=O) groups is 1. The van der Waals surface area contributed by atoms with Crippen molar-refractivity contribution in [3.05, 3.63) is 49.1 Å². The van der Waals surface area contributed by atoms with Crippen molar-refractivity contribution in [3.8, 4) is 17.2 Å². The quantitative estimate of drug-likeness (QED) is 0.277. The van der Waals surface area contributed by atoms with Gasteiger partial charge in [-0.15, -0.1) is 5.75 Å². The molecule has 0 aliphatic heterocycles. The molecule has 2 atom stereocenters. The maximum absolute atomic E-state index is 11.1. The fraction of sp³-hybridized carbons (Fsp3) is 0.133. The van der Waals surface area contributed by atoms with Crippen molar-refractivity contribution in [1.29, 1.82) is 0 Å². The molecule has 0 saturated carbocycles. The van der Waals surface area contributed by atoms with Gasteiger partial charge < -0.3 is 20.7 Å². The summed E-state index contributed by atoms with van der Waals surface area (Å²) in [6.07, 6.45) is 0. The van der Waals surface area contributed by atoms with E-state index in [1.807, 2.05) is 34.7 Å². The van der Waals surface area contributed by atoms with Gasteiger partial charge in [-0.2, -0.15) is 0 Å². The Balaban J connectivity index is 0.00000288. The van der Waals surface area contributed by atoms with Crippen LogP contribution in [0.25, 0.3) is 0 Å². The van der Waals surface area contributed by atoms with Crippen LogP contribution < -0.4 is 45.1 Å². The van der Waals surface area contributed by atoms with Crippen molar-refractivity contribution in [2.24, 2.45) is 5.73 Å². The standard InChI is InChI=1S/C15H12I3NO4.Na/c16-10-5-9(23-8-3-1-7(20)2-4-8)6-11(17)12(10)13(18)14(19)15(21)22;/h1-6,13-14,20H,19H2,(H,21,22);/q;+1/p-1/t13-,14+;/m0./s1. The van der Waals surface area contributed by atoms with Crippen molar-refractivity contribution in [2.75, 3.05) is 0 Å². The Bertz CT molecular complexity index is 704. The minimum Gasteiger partial charge on any atom is -0.872 e. The third-order valence-corrected chi connectivity index (χ3v) is 6.17. The Morgan fingerprint density at radius 2 is 1.62 bits per heavy atom. The van der Waals surface area contributed by atoms with Gasteiger partial charge in [0.05, 0.1) is 3.92 Å². The van der Waals surface area contributed by atoms with Crippen LogP contribution in [0.1, 0.15) is 9.49 Å². The Morgan fingerprint density at radius 1 is 1.12 bits per heavy atom. The van der Waals surface area contributed by atoms with Crippen LogP contribution in [0.5, 0.6) is 17.2 Å². The third kappa shape index (κ3) is 5.84. The van der Waals surface area contributed by atoms with Gasteiger partial charge >= 0.3 is 35.5 Å². The van der Waals surface area contributed by atoms with Gasteiger partial charge in [0.25, 0.3) is 0 Å². The summed E-state index contributed by atoms with van der Waals surface area (Å²) in [6, 6.07) is 8.76. The van der Waals surface area contributed by atoms with E-state index in [-0.39, 0.29) is 39.2 Å². The molecule has 0 amide bonds. The van der Waals surface area contributed by atoms with E-state index in [1.54, 1.807) is 12.1 Å². The van der Waals surface area contributed by atoms with Gasteiger partial charge in [0.15, 0.2) is 0 Å². The summed E-state index contributed by atoms with van der Waals surface area (Å²) in [5, 5.41) is 20.2. The summed E-state index contributed by atoms with van der Waals surface area (Å²) < 4.78 is 7.14. The summed E-state index contributed by atoms with van der Waals surface area (Å²) in [5.41, 5.74) is 6.61. The first kappa shape index (κ1) is 22.7. The normalized spacial score (nSPS) is 12.8. The minimum atomic E-state index is -1.03. The number of nitrogens with two attached hydrogens (primary N) is 1. The van der Waals surface area contributed by atoms with Crippen LogP contribution in [0, 0.1) is 7.14 Å². The number of rotatable bonds is 5. The SMILES string of the molecule is N[C@@H](C(=O)O)[C@@H](I)c1c(I)cc(Oc2ccc([O-])cc2)cc1I.[Na+]. The number of carboxylic acid groups (broad SMARTS) is 1. The molecule has 0 bridgehead atoms. The first-order valence-electron chi connectivity index (χ1n) is 6.36. The maximum atomic E-state index is 11.1. The maximum Gasteiger partial charge on any atom is 1.00 e. The molecular formula is C15H11I3NNaO4. The van der Waals surface area contributed by atoms with Gasteiger partial charge in [-0.05, 0) is 75.0 Å². The monoisotopic (exact) mass is 673 g/mol. The van der Waals surface area contributed by atoms with Crippen LogP contribution in [-0.4, -0.2) is 17.1 Å². The fourth-order valence-corrected chi connectivity index (χ4v) is 6.38. The number of alkyl halides is 1. The number of ether oxygens (including phenoxy) is 1. The van der Waals surface area contributed by atoms with E-state index >= 15 is 0 Å². The van der Waals surface area contributed by atoms with E-state index in [0.717, 1.165) is 12.7 Å². The molecule has 0 heterocycles. The van der Waals surface area contributed by atoms with Crippen molar-refractivity contribution in [2.45, 2.75) is 9.97 Å². The number of carboxylic acids is 1. The van der Waals surface area contributed by atoms with Gasteiger partial charge in [-0.25, -0.2) is 0 Å². The fourth-order valence-electron chi connectivity index (χ4n) is 1.83. The predicted octanol–water partition coefficient (Wildman–Crippen LogP) is 0.654. The first-order chi connectivity index (χ1) is 10.8. The second kappa shape index (κ2) is 10.1. The van der Waals surface area contributed by atoms with Crippen molar-refractivity contribution < 1.29 is 49.3 Å². The molecule has 0 aliphatic rings. The topological polar surface area (TPSA) is 95.6 Å². The molecule has 5 nitrogen and oxygen atoms in total. The van der Waals surface area contributed by atoms with Crippen LogP contribution >= 0.6 is 67.8 Å². The van der Waals surface area contributed by atoms with E-state index in [2.05, 4.69) is 45.2 Å². The van der Waals surface area contributed by atoms with Crippen molar-refractivity contribution in [1.82, 2.24) is 0 Å². The third-order valence-electron chi connectivity index (χ3n) is 2.99. The summed E-state index contributed by atoms with van der Waals surface area (Å²) in [4.78, 5) is 11.1. The zero-order valence-corrected chi connectivity index (χ0v) is 21.0. The number of hydrogen-bond acceptors (Lipinski definition) is 4. The molecule has 0 unspecified atom stereocenters. The first-order valence-corrected chi connectivity index (χ1v) is 9.76. The second-order valence-electron chi connectivity index (χ2n) is 4.64. The van der Waals surface area contributed by atoms with Gasteiger partial charge in [0.1, 0.15) is 17.5 Å². The molecule has 2 aromatic carbocycles. The molecule has 0 fully saturated rings. The van der Waals surface area contributed by atoms with Gasteiger partial charge in [0, 0.05) is 7.14 Å². The van der Waals surface area contributed by atoms with E-state index < -0.39 is 12.0 Å². The number of aliphatic carboxylic acids is 1. The average molecular weight is 673 g/mol. The molecule has 0 saturated heterocycles. The molecule has 3 N–H and O–H groups in total. The summed E-state index contributed by atoms with van der Waals surface area (Å²) >= 11 is 6.34. The molecule has 0 radical (unpaired) electrons. The van der Waals surface area contributed by atoms with Crippen LogP contribution in [0.3, 0.4) is 0 Å². The average Bonchev–Trinajstić information content (AvgIpc) is 2.48. The zero-order chi connectivity index (χ0) is 17.1. The molecule has 2 aromatic rings. The molecule has 24 heavy (non-hydrogen) atoms. The van der Waals surface area contributed by atoms with Gasteiger partial charge in [-0.3, -0.25) is 4.79 Å². The van der Waals surface area contributed by atoms with Crippen LogP contribution in [-0.2, 0) is 4.79 Å². The Kier molecular flexibility index (Phi) is 9.57. The number of hydrogen-bond donors (Lipinski definition) is 2. The predicted molar refractivity (Wildman–Crippen MR) is 110 cm³/mol. The molecule has 2 rings (SSSR count). The summed E-state index contributed by atoms with van der Waals surface area (Å²) in [7, 11) is 0. The number of halogens is 3. The van der Waals surface area contributed by atoms with E-state index in [0.29, 0.717) is 11.5 Å². The van der Waals surface area contributed by atoms with Gasteiger partial charge in [-0.1, -0.05) is 34.7 Å². The van der Waals surface area contributed by atoms with E-state index in [4.69, 9.17) is 15.6 Å². The molecule has 122 valence electrons. The van der Waals surface area contributed by atoms with Crippen molar-refractivity contribution >= 4 is 73.7 Å². The molecule has 0 spiro atoms. The molecule has 0 aromatic heterocycles. The van der Waals surface area contributed by atoms with Crippen molar-refractivity contribution in [3.63, 3.8) is 0 Å². The summed E-state index contributed by atoms with van der Waals surface area (Å²) in [6.45, 7) is 0. The van der Waals surface area contributed by atoms with Gasteiger partial charge in [0.2, 0.25) is 0 Å². The number of benzene rings is 2. The summed E-state index contributed by atoms with van der Waals surface area (Å²) in [5.74, 6) is 0.0761. The van der Waals surface area contributed by atoms with Crippen LogP contribution in [0.2, 0.25) is 0 Å².